The number of carbonyl (C=O) groups excluding carboxylic acids is 1. The van der Waals surface area contributed by atoms with Crippen molar-refractivity contribution in [3.05, 3.63) is 23.2 Å². The van der Waals surface area contributed by atoms with Gasteiger partial charge in [0.2, 0.25) is 5.76 Å². The second-order valence-corrected chi connectivity index (χ2v) is 4.55. The Morgan fingerprint density at radius 1 is 1.37 bits per heavy atom. The maximum Gasteiger partial charge on any atom is 0.290 e. The summed E-state index contributed by atoms with van der Waals surface area (Å²) >= 11 is 0. The molecule has 0 spiro atoms. The number of nitrogens with one attached hydrogen (secondary N) is 1. The lowest BCUT2D eigenvalue weighted by molar-refractivity contribution is -0.122. The van der Waals surface area contributed by atoms with Gasteiger partial charge in [-0.2, -0.15) is 0 Å². The third kappa shape index (κ3) is 2.27. The van der Waals surface area contributed by atoms with E-state index in [1.807, 2.05) is 0 Å². The Morgan fingerprint density at radius 2 is 2.21 bits per heavy atom. The number of nitrogens with zero attached hydrogens (tertiary/aromatic N) is 3. The molecule has 1 aromatic heterocycles. The summed E-state index contributed by atoms with van der Waals surface area (Å²) in [5.74, 6) is 2.29. The first-order valence-corrected chi connectivity index (χ1v) is 6.41. The van der Waals surface area contributed by atoms with Gasteiger partial charge in [-0.25, -0.2) is 0 Å². The average molecular weight is 264 g/mol. The van der Waals surface area contributed by atoms with Gasteiger partial charge in [0.25, 0.3) is 5.91 Å². The molecule has 0 aliphatic carbocycles. The van der Waals surface area contributed by atoms with Crippen LogP contribution in [-0.4, -0.2) is 33.9 Å². The summed E-state index contributed by atoms with van der Waals surface area (Å²) < 4.78 is 12.7. The van der Waals surface area contributed by atoms with Gasteiger partial charge >= 0.3 is 0 Å². The zero-order valence-corrected chi connectivity index (χ0v) is 10.8. The lowest BCUT2D eigenvalue weighted by Crippen LogP contribution is -2.30. The van der Waals surface area contributed by atoms with Crippen LogP contribution in [0.5, 0.6) is 0 Å². The number of ether oxygens (including phenoxy) is 2. The van der Waals surface area contributed by atoms with E-state index in [2.05, 4.69) is 20.1 Å². The summed E-state index contributed by atoms with van der Waals surface area (Å²) in [4.78, 5) is 12.0. The molecule has 0 bridgehead atoms. The summed E-state index contributed by atoms with van der Waals surface area (Å²) in [5, 5.41) is 11.0. The molecule has 0 aromatic carbocycles. The smallest absolute Gasteiger partial charge is 0.290 e. The van der Waals surface area contributed by atoms with Crippen LogP contribution in [0.15, 0.2) is 11.5 Å². The second-order valence-electron chi connectivity index (χ2n) is 4.55. The van der Waals surface area contributed by atoms with Crippen LogP contribution in [0.4, 0.5) is 0 Å². The first-order chi connectivity index (χ1) is 9.25. The summed E-state index contributed by atoms with van der Waals surface area (Å²) in [6.07, 6.45) is 2.05. The zero-order chi connectivity index (χ0) is 13.2. The molecular weight excluding hydrogens is 248 g/mol. The van der Waals surface area contributed by atoms with E-state index in [0.717, 1.165) is 31.0 Å². The van der Waals surface area contributed by atoms with E-state index in [9.17, 15) is 4.79 Å². The van der Waals surface area contributed by atoms with Gasteiger partial charge < -0.3 is 19.4 Å². The molecule has 0 saturated heterocycles. The van der Waals surface area contributed by atoms with Crippen LogP contribution < -0.4 is 5.32 Å². The van der Waals surface area contributed by atoms with Crippen LogP contribution in [0.3, 0.4) is 0 Å². The number of aromatic nitrogens is 3. The van der Waals surface area contributed by atoms with Crippen molar-refractivity contribution in [3.63, 3.8) is 0 Å². The maximum absolute atomic E-state index is 12.0. The van der Waals surface area contributed by atoms with Gasteiger partial charge in [-0.1, -0.05) is 0 Å². The zero-order valence-electron chi connectivity index (χ0n) is 10.8. The summed E-state index contributed by atoms with van der Waals surface area (Å²) in [7, 11) is 0. The van der Waals surface area contributed by atoms with Crippen molar-refractivity contribution in [2.45, 2.75) is 32.9 Å². The molecule has 102 valence electrons. The number of aryl methyl sites for hydroxylation is 1. The van der Waals surface area contributed by atoms with E-state index in [4.69, 9.17) is 9.47 Å². The highest BCUT2D eigenvalue weighted by Crippen LogP contribution is 2.15. The van der Waals surface area contributed by atoms with Crippen molar-refractivity contribution in [2.24, 2.45) is 0 Å². The molecule has 2 aliphatic rings. The van der Waals surface area contributed by atoms with Crippen molar-refractivity contribution in [3.8, 4) is 0 Å². The minimum absolute atomic E-state index is 0.257. The lowest BCUT2D eigenvalue weighted by atomic mass is 10.3. The van der Waals surface area contributed by atoms with Gasteiger partial charge in [0.1, 0.15) is 24.8 Å². The van der Waals surface area contributed by atoms with E-state index >= 15 is 0 Å². The molecule has 3 rings (SSSR count). The molecule has 1 aromatic rings. The molecule has 7 heteroatoms. The predicted molar refractivity (Wildman–Crippen MR) is 64.8 cm³/mol. The Hall–Kier alpha value is -2.05. The first kappa shape index (κ1) is 12.0. The fourth-order valence-electron chi connectivity index (χ4n) is 2.31. The summed E-state index contributed by atoms with van der Waals surface area (Å²) in [5.41, 5.74) is 0. The average Bonchev–Trinajstić information content (AvgIpc) is 3.00. The monoisotopic (exact) mass is 264 g/mol. The fourth-order valence-corrected chi connectivity index (χ4v) is 2.31. The van der Waals surface area contributed by atoms with Crippen molar-refractivity contribution in [1.82, 2.24) is 20.1 Å². The molecule has 0 atom stereocenters. The van der Waals surface area contributed by atoms with Crippen LogP contribution in [0.2, 0.25) is 0 Å². The van der Waals surface area contributed by atoms with E-state index < -0.39 is 0 Å². The summed E-state index contributed by atoms with van der Waals surface area (Å²) in [6.45, 7) is 3.89. The normalized spacial score (nSPS) is 17.7. The van der Waals surface area contributed by atoms with Crippen molar-refractivity contribution in [1.29, 1.82) is 0 Å². The minimum Gasteiger partial charge on any atom is -0.491 e. The molecule has 0 saturated carbocycles. The third-order valence-electron chi connectivity index (χ3n) is 3.27. The molecule has 0 radical (unpaired) electrons. The third-order valence-corrected chi connectivity index (χ3v) is 3.27. The lowest BCUT2D eigenvalue weighted by Gasteiger charge is -2.19. The number of fused-ring (bicyclic) bond motifs is 1. The molecule has 19 heavy (non-hydrogen) atoms. The van der Waals surface area contributed by atoms with Gasteiger partial charge in [0, 0.05) is 13.0 Å². The molecule has 1 N–H and O–H groups in total. The van der Waals surface area contributed by atoms with Gasteiger partial charge in [-0.3, -0.25) is 4.79 Å². The quantitative estimate of drug-likeness (QED) is 0.839. The standard InChI is InChI=1S/C12H16N4O3/c1-8-11(19-6-5-18-8)12(17)13-7-10-15-14-9-3-2-4-16(9)10/h2-7H2,1H3,(H,13,17). The number of amides is 1. The molecule has 1 amide bonds. The Balaban J connectivity index is 1.64. The van der Waals surface area contributed by atoms with Crippen molar-refractivity contribution >= 4 is 5.91 Å². The Kier molecular flexibility index (Phi) is 3.10. The van der Waals surface area contributed by atoms with Crippen molar-refractivity contribution < 1.29 is 14.3 Å². The Labute approximate surface area is 110 Å². The van der Waals surface area contributed by atoms with E-state index in [1.54, 1.807) is 6.92 Å². The molecule has 0 unspecified atom stereocenters. The van der Waals surface area contributed by atoms with Crippen LogP contribution in [0.1, 0.15) is 25.0 Å². The van der Waals surface area contributed by atoms with Gasteiger partial charge in [0.05, 0.1) is 6.54 Å². The topological polar surface area (TPSA) is 78.3 Å². The van der Waals surface area contributed by atoms with Crippen molar-refractivity contribution in [2.75, 3.05) is 13.2 Å². The highest BCUT2D eigenvalue weighted by Gasteiger charge is 2.21. The van der Waals surface area contributed by atoms with Crippen LogP contribution in [-0.2, 0) is 33.8 Å². The SMILES string of the molecule is CC1=C(C(=O)NCc2nnc3n2CCC3)OCCO1. The summed E-state index contributed by atoms with van der Waals surface area (Å²) in [6, 6.07) is 0. The fraction of sp³-hybridized carbons (Fsp3) is 0.583. The van der Waals surface area contributed by atoms with Crippen LogP contribution in [0.25, 0.3) is 0 Å². The number of allylic oxidation sites excluding steroid dienone is 1. The van der Waals surface area contributed by atoms with E-state index in [1.165, 1.54) is 0 Å². The van der Waals surface area contributed by atoms with Crippen LogP contribution in [0, 0.1) is 0 Å². The van der Waals surface area contributed by atoms with Gasteiger partial charge in [-0.15, -0.1) is 10.2 Å². The Morgan fingerprint density at radius 3 is 3.05 bits per heavy atom. The highest BCUT2D eigenvalue weighted by molar-refractivity contribution is 5.91. The largest absolute Gasteiger partial charge is 0.491 e. The molecule has 2 aliphatic heterocycles. The second kappa shape index (κ2) is 4.91. The molecule has 3 heterocycles. The number of rotatable bonds is 3. The maximum atomic E-state index is 12.0. The number of carbonyl (C=O) groups is 1. The minimum atomic E-state index is -0.271. The first-order valence-electron chi connectivity index (χ1n) is 6.41. The number of hydrogen-bond acceptors (Lipinski definition) is 5. The number of hydrogen-bond donors (Lipinski definition) is 1. The predicted octanol–water partition coefficient (Wildman–Crippen LogP) is 0.119. The molecule has 0 fully saturated rings. The molecular formula is C12H16N4O3. The van der Waals surface area contributed by atoms with Crippen LogP contribution >= 0.6 is 0 Å². The molecule has 7 nitrogen and oxygen atoms in total. The van der Waals surface area contributed by atoms with E-state index in [0.29, 0.717) is 25.5 Å². The van der Waals surface area contributed by atoms with E-state index in [-0.39, 0.29) is 11.7 Å². The highest BCUT2D eigenvalue weighted by atomic mass is 16.6. The van der Waals surface area contributed by atoms with Gasteiger partial charge in [0.15, 0.2) is 5.82 Å². The Bertz CT molecular complexity index is 535. The van der Waals surface area contributed by atoms with Gasteiger partial charge in [-0.05, 0) is 13.3 Å².